The predicted molar refractivity (Wildman–Crippen MR) is 33.0 cm³/mol. The third-order valence-corrected chi connectivity index (χ3v) is 0.424. The number of carbonyl (C=O) groups is 2. The minimum atomic E-state index is -0.697. The van der Waals surface area contributed by atoms with Crippen LogP contribution in [-0.4, -0.2) is 48.0 Å². The van der Waals surface area contributed by atoms with Crippen molar-refractivity contribution in [3.8, 4) is 0 Å². The van der Waals surface area contributed by atoms with E-state index in [0.717, 1.165) is 6.92 Å². The first-order valence-electron chi connectivity index (χ1n) is 2.08. The molecule has 48 valence electrons. The molecule has 0 heterocycles. The molecule has 5 heteroatoms. The Morgan fingerprint density at radius 3 is 2.11 bits per heavy atom. The molecular weight excluding hydrogens is 133 g/mol. The van der Waals surface area contributed by atoms with Gasteiger partial charge in [0, 0.05) is 6.92 Å². The molecule has 0 amide bonds. The van der Waals surface area contributed by atoms with Crippen molar-refractivity contribution in [1.29, 1.82) is 0 Å². The zero-order valence-corrected chi connectivity index (χ0v) is 4.51. The zero-order chi connectivity index (χ0) is 6.57. The van der Waals surface area contributed by atoms with Crippen LogP contribution in [0.25, 0.3) is 0 Å². The Morgan fingerprint density at radius 2 is 2.00 bits per heavy atom. The van der Waals surface area contributed by atoms with Crippen LogP contribution in [0.4, 0.5) is 0 Å². The van der Waals surface area contributed by atoms with Crippen LogP contribution in [0.2, 0.25) is 0 Å². The van der Waals surface area contributed by atoms with E-state index in [0.29, 0.717) is 0 Å². The van der Waals surface area contributed by atoms with Gasteiger partial charge in [0.1, 0.15) is 0 Å². The molecule has 0 rings (SSSR count). The maximum atomic E-state index is 10.1. The van der Waals surface area contributed by atoms with E-state index in [9.17, 15) is 9.59 Å². The molecule has 2 N–H and O–H groups in total. The number of hydrogen-bond donors (Lipinski definition) is 1. The average molecular weight is 141 g/mol. The summed E-state index contributed by atoms with van der Waals surface area (Å²) in [6, 6.07) is 0. The molecule has 0 aliphatic rings. The van der Waals surface area contributed by atoms with Gasteiger partial charge in [0.25, 0.3) is 0 Å². The fraction of sp³-hybridized carbons (Fsp3) is 0.500. The van der Waals surface area contributed by atoms with Crippen molar-refractivity contribution < 1.29 is 14.3 Å². The van der Waals surface area contributed by atoms with E-state index in [1.165, 1.54) is 0 Å². The predicted octanol–water partition coefficient (Wildman–Crippen LogP) is -1.61. The minimum absolute atomic E-state index is 0. The van der Waals surface area contributed by atoms with Crippen LogP contribution in [0.1, 0.15) is 6.92 Å². The Morgan fingerprint density at radius 1 is 1.56 bits per heavy atom. The second kappa shape index (κ2) is 6.22. The molecule has 0 aromatic heterocycles. The molecule has 4 nitrogen and oxygen atoms in total. The van der Waals surface area contributed by atoms with E-state index in [2.05, 4.69) is 4.74 Å². The second-order valence-electron chi connectivity index (χ2n) is 1.17. The molecule has 0 radical (unpaired) electrons. The van der Waals surface area contributed by atoms with Crippen LogP contribution in [0.5, 0.6) is 0 Å². The average Bonchev–Trinajstić information content (AvgIpc) is 1.65. The van der Waals surface area contributed by atoms with Gasteiger partial charge in [0.05, 0.1) is 6.54 Å². The number of esters is 2. The van der Waals surface area contributed by atoms with Gasteiger partial charge < -0.3 is 10.5 Å². The first kappa shape index (κ1) is 11.8. The van der Waals surface area contributed by atoms with Crippen LogP contribution >= 0.6 is 0 Å². The Bertz CT molecular complexity index is 114. The van der Waals surface area contributed by atoms with Crippen molar-refractivity contribution in [2.75, 3.05) is 6.54 Å². The van der Waals surface area contributed by atoms with E-state index in [-0.39, 0.29) is 36.1 Å². The van der Waals surface area contributed by atoms with Gasteiger partial charge in [-0.1, -0.05) is 0 Å². The van der Waals surface area contributed by atoms with Crippen LogP contribution in [0.15, 0.2) is 0 Å². The van der Waals surface area contributed by atoms with E-state index in [1.807, 2.05) is 0 Å². The number of nitrogens with two attached hydrogens (primary N) is 1. The summed E-state index contributed by atoms with van der Waals surface area (Å²) in [4.78, 5) is 20.0. The Balaban J connectivity index is 0. The summed E-state index contributed by atoms with van der Waals surface area (Å²) in [6.07, 6.45) is 0. The zero-order valence-electron chi connectivity index (χ0n) is 4.51. The van der Waals surface area contributed by atoms with E-state index in [1.54, 1.807) is 0 Å². The number of ether oxygens (including phenoxy) is 1. The van der Waals surface area contributed by atoms with Gasteiger partial charge in [0.2, 0.25) is 0 Å². The molecule has 0 spiro atoms. The summed E-state index contributed by atoms with van der Waals surface area (Å²) in [5.74, 6) is -1.32. The Hall–Kier alpha value is 0.1000. The fourth-order valence-corrected chi connectivity index (χ4v) is 0.202. The molecule has 0 aliphatic heterocycles. The monoisotopic (exact) mass is 141 g/mol. The van der Waals surface area contributed by atoms with Gasteiger partial charge in [-0.15, -0.1) is 0 Å². The summed E-state index contributed by atoms with van der Waals surface area (Å²) < 4.78 is 4.00. The van der Waals surface area contributed by atoms with Crippen molar-refractivity contribution >= 4 is 41.5 Å². The summed E-state index contributed by atoms with van der Waals surface area (Å²) in [5, 5.41) is 0. The number of rotatable bonds is 1. The molecule has 0 unspecified atom stereocenters. The van der Waals surface area contributed by atoms with E-state index >= 15 is 0 Å². The van der Waals surface area contributed by atoms with Crippen LogP contribution in [-0.2, 0) is 14.3 Å². The molecule has 0 aromatic rings. The first-order chi connectivity index (χ1) is 3.66. The topological polar surface area (TPSA) is 69.4 Å². The summed E-state index contributed by atoms with van der Waals surface area (Å²) >= 11 is 0. The van der Waals surface area contributed by atoms with Crippen molar-refractivity contribution in [2.24, 2.45) is 5.73 Å². The van der Waals surface area contributed by atoms with Crippen LogP contribution in [0, 0.1) is 0 Å². The van der Waals surface area contributed by atoms with Crippen molar-refractivity contribution in [3.05, 3.63) is 0 Å². The van der Waals surface area contributed by atoms with Gasteiger partial charge in [-0.05, 0) is 0 Å². The van der Waals surface area contributed by atoms with E-state index < -0.39 is 11.9 Å². The van der Waals surface area contributed by atoms with Gasteiger partial charge in [-0.2, -0.15) is 0 Å². The van der Waals surface area contributed by atoms with Crippen molar-refractivity contribution in [3.63, 3.8) is 0 Å². The number of hydrogen-bond acceptors (Lipinski definition) is 4. The molecule has 0 atom stereocenters. The maximum absolute atomic E-state index is 10.1. The normalized spacial score (nSPS) is 7.33. The van der Waals surface area contributed by atoms with Gasteiger partial charge in [0.15, 0.2) is 0 Å². The van der Waals surface area contributed by atoms with Gasteiger partial charge in [-0.25, -0.2) is 0 Å². The van der Waals surface area contributed by atoms with Gasteiger partial charge in [-0.3, -0.25) is 9.59 Å². The second-order valence-corrected chi connectivity index (χ2v) is 1.17. The third kappa shape index (κ3) is 8.10. The third-order valence-electron chi connectivity index (χ3n) is 0.424. The summed E-state index contributed by atoms with van der Waals surface area (Å²) in [7, 11) is 0. The molecule has 0 saturated carbocycles. The van der Waals surface area contributed by atoms with Gasteiger partial charge >= 0.3 is 41.5 Å². The molecule has 0 fully saturated rings. The summed E-state index contributed by atoms with van der Waals surface area (Å²) in [6.45, 7) is 0.896. The quantitative estimate of drug-likeness (QED) is 0.271. The Labute approximate surface area is 75.0 Å². The van der Waals surface area contributed by atoms with Crippen LogP contribution < -0.4 is 5.73 Å². The van der Waals surface area contributed by atoms with Crippen LogP contribution in [0.3, 0.4) is 0 Å². The molecule has 9 heavy (non-hydrogen) atoms. The molecule has 0 saturated heterocycles. The molecular formula is C4H8NNaO3. The summed E-state index contributed by atoms with van der Waals surface area (Å²) in [5.41, 5.74) is 4.79. The SMILES string of the molecule is CC(=O)OC(=O)CN.[NaH]. The standard InChI is InChI=1S/C4H7NO3.Na.H/c1-3(6)8-4(7)2-5;;/h2,5H2,1H3;;. The fourth-order valence-electron chi connectivity index (χ4n) is 0.202. The molecule has 0 aliphatic carbocycles. The molecule has 0 bridgehead atoms. The Kier molecular flexibility index (Phi) is 8.19. The van der Waals surface area contributed by atoms with Crippen molar-refractivity contribution in [2.45, 2.75) is 6.92 Å². The van der Waals surface area contributed by atoms with E-state index in [4.69, 9.17) is 5.73 Å². The first-order valence-corrected chi connectivity index (χ1v) is 2.08. The van der Waals surface area contributed by atoms with Crippen molar-refractivity contribution in [1.82, 2.24) is 0 Å². The molecule has 0 aromatic carbocycles. The number of carbonyl (C=O) groups excluding carboxylic acids is 2.